The predicted octanol–water partition coefficient (Wildman–Crippen LogP) is 4.77. The molecule has 8 heteroatoms. The molecule has 0 heterocycles. The van der Waals surface area contributed by atoms with Crippen LogP contribution in [0.5, 0.6) is 11.5 Å². The van der Waals surface area contributed by atoms with Gasteiger partial charge in [-0.05, 0) is 42.5 Å². The smallest absolute Gasteiger partial charge is 0.259 e. The molecule has 144 valence electrons. The molecule has 0 aliphatic rings. The lowest BCUT2D eigenvalue weighted by Gasteiger charge is -2.12. The van der Waals surface area contributed by atoms with E-state index in [9.17, 15) is 13.2 Å². The Kier molecular flexibility index (Phi) is 5.46. The predicted molar refractivity (Wildman–Crippen MR) is 110 cm³/mol. The summed E-state index contributed by atoms with van der Waals surface area (Å²) in [5, 5.41) is 8.17. The van der Waals surface area contributed by atoms with E-state index in [2.05, 4.69) is 5.32 Å². The molecule has 0 aliphatic heterocycles. The third-order valence-electron chi connectivity index (χ3n) is 3.61. The van der Waals surface area contributed by atoms with Crippen LogP contribution >= 0.6 is 11.6 Å². The van der Waals surface area contributed by atoms with Gasteiger partial charge in [-0.25, -0.2) is 13.6 Å². The summed E-state index contributed by atoms with van der Waals surface area (Å²) in [5.41, 5.74) is 0.553. The minimum atomic E-state index is -3.87. The second-order valence-electron chi connectivity index (χ2n) is 5.56. The molecule has 1 amide bonds. The number of rotatable bonds is 5. The maximum absolute atomic E-state index is 12.7. The lowest BCUT2D eigenvalue weighted by atomic mass is 10.2. The summed E-state index contributed by atoms with van der Waals surface area (Å²) < 4.78 is 28.7. The van der Waals surface area contributed by atoms with E-state index in [0.717, 1.165) is 0 Å². The second-order valence-corrected chi connectivity index (χ2v) is 7.52. The fourth-order valence-electron chi connectivity index (χ4n) is 2.34. The first-order chi connectivity index (χ1) is 12.8. The normalized spacial score (nSPS) is 11.0. The summed E-state index contributed by atoms with van der Waals surface area (Å²) in [7, 11) is -3.87. The molecule has 3 N–H and O–H groups in total. The van der Waals surface area contributed by atoms with Crippen LogP contribution in [0.1, 0.15) is 14.6 Å². The van der Waals surface area contributed by atoms with Gasteiger partial charge in [0.2, 0.25) is 10.0 Å². The molecule has 27 heavy (non-hydrogen) atoms. The number of nitrogens with one attached hydrogen (secondary N) is 1. The Balaban J connectivity index is 0.00000280. The molecular weight excluding hydrogens is 388 g/mol. The topological polar surface area (TPSA) is 98.5 Å². The van der Waals surface area contributed by atoms with Gasteiger partial charge in [0.05, 0.1) is 15.5 Å². The number of para-hydroxylation sites is 2. The van der Waals surface area contributed by atoms with Gasteiger partial charge in [-0.2, -0.15) is 0 Å². The molecular formula is C19H21ClN2O4S. The highest BCUT2D eigenvalue weighted by Crippen LogP contribution is 2.31. The molecule has 0 bridgehead atoms. The van der Waals surface area contributed by atoms with E-state index in [1.165, 1.54) is 18.2 Å². The van der Waals surface area contributed by atoms with Gasteiger partial charge in [-0.3, -0.25) is 4.79 Å². The molecule has 0 unspecified atom stereocenters. The quantitative estimate of drug-likeness (QED) is 0.635. The van der Waals surface area contributed by atoms with Gasteiger partial charge in [0.15, 0.2) is 0 Å². The van der Waals surface area contributed by atoms with Crippen molar-refractivity contribution in [2.75, 3.05) is 5.32 Å². The van der Waals surface area contributed by atoms with E-state index in [4.69, 9.17) is 21.5 Å². The molecule has 3 aromatic carbocycles. The van der Waals surface area contributed by atoms with Crippen molar-refractivity contribution in [3.05, 3.63) is 83.4 Å². The number of benzene rings is 3. The largest absolute Gasteiger partial charge is 0.455 e. The summed E-state index contributed by atoms with van der Waals surface area (Å²) in [4.78, 5) is 12.6. The van der Waals surface area contributed by atoms with Gasteiger partial charge < -0.3 is 10.1 Å². The highest BCUT2D eigenvalue weighted by Gasteiger charge is 2.15. The maximum Gasteiger partial charge on any atom is 0.259 e. The van der Waals surface area contributed by atoms with Crippen LogP contribution < -0.4 is 15.2 Å². The van der Waals surface area contributed by atoms with Gasteiger partial charge in [-0.15, -0.1) is 0 Å². The number of carbonyl (C=O) groups is 1. The molecule has 0 aromatic heterocycles. The van der Waals surface area contributed by atoms with Gasteiger partial charge in [-0.1, -0.05) is 41.9 Å². The minimum absolute atomic E-state index is 0. The lowest BCUT2D eigenvalue weighted by molar-refractivity contribution is 0.102. The summed E-state index contributed by atoms with van der Waals surface area (Å²) >= 11 is 6.10. The maximum atomic E-state index is 12.7. The number of sulfonamides is 1. The zero-order valence-electron chi connectivity index (χ0n) is 13.9. The van der Waals surface area contributed by atoms with Crippen molar-refractivity contribution >= 4 is 33.2 Å². The van der Waals surface area contributed by atoms with Gasteiger partial charge in [0, 0.05) is 9.97 Å². The average Bonchev–Trinajstić information content (AvgIpc) is 2.63. The zero-order chi connectivity index (χ0) is 19.4. The van der Waals surface area contributed by atoms with Crippen LogP contribution in [-0.4, -0.2) is 14.3 Å². The molecule has 0 spiro atoms. The highest BCUT2D eigenvalue weighted by molar-refractivity contribution is 7.89. The molecule has 0 saturated heterocycles. The van der Waals surface area contributed by atoms with Gasteiger partial charge in [0.25, 0.3) is 5.91 Å². The van der Waals surface area contributed by atoms with E-state index in [-0.39, 0.29) is 14.7 Å². The van der Waals surface area contributed by atoms with Crippen LogP contribution in [-0.2, 0) is 10.0 Å². The van der Waals surface area contributed by atoms with Gasteiger partial charge in [0.1, 0.15) is 11.5 Å². The van der Waals surface area contributed by atoms with Crippen LogP contribution in [0.25, 0.3) is 0 Å². The van der Waals surface area contributed by atoms with Crippen molar-refractivity contribution in [3.8, 4) is 11.5 Å². The first-order valence-electron chi connectivity index (χ1n) is 7.80. The van der Waals surface area contributed by atoms with E-state index in [1.807, 2.05) is 0 Å². The molecule has 0 fully saturated rings. The number of halogens is 1. The number of amides is 1. The number of carbonyl (C=O) groups excluding carboxylic acids is 1. The Morgan fingerprint density at radius 3 is 2.33 bits per heavy atom. The second kappa shape index (κ2) is 7.79. The van der Waals surface area contributed by atoms with Crippen molar-refractivity contribution in [1.29, 1.82) is 0 Å². The summed E-state index contributed by atoms with van der Waals surface area (Å²) in [6.07, 6.45) is 0. The Morgan fingerprint density at radius 1 is 0.963 bits per heavy atom. The van der Waals surface area contributed by atoms with Crippen molar-refractivity contribution in [3.63, 3.8) is 0 Å². The highest BCUT2D eigenvalue weighted by atomic mass is 35.5. The molecule has 6 nitrogen and oxygen atoms in total. The molecule has 0 aliphatic carbocycles. The Morgan fingerprint density at radius 2 is 1.63 bits per heavy atom. The number of ether oxygens (including phenoxy) is 1. The van der Waals surface area contributed by atoms with Crippen LogP contribution in [0.2, 0.25) is 5.02 Å². The fourth-order valence-corrected chi connectivity index (χ4v) is 3.07. The standard InChI is InChI=1S/C19H15ClN2O4S.3H2/c20-16-9-2-4-11-18(16)26-17-10-3-1-8-15(17)19(23)22-13-6-5-7-14(12-13)27(21,24)25;;;/h1-12H,(H,22,23)(H2,21,24,25);3*1H. The molecule has 3 rings (SSSR count). The van der Waals surface area contributed by atoms with Crippen molar-refractivity contribution in [2.24, 2.45) is 5.14 Å². The average molecular weight is 409 g/mol. The van der Waals surface area contributed by atoms with E-state index in [1.54, 1.807) is 54.6 Å². The third-order valence-corrected chi connectivity index (χ3v) is 4.83. The molecule has 0 radical (unpaired) electrons. The SMILES string of the molecule is NS(=O)(=O)c1cccc(NC(=O)c2ccccc2Oc2ccccc2Cl)c1.[HH].[HH].[HH]. The van der Waals surface area contributed by atoms with Crippen molar-refractivity contribution in [1.82, 2.24) is 0 Å². The number of hydrogen-bond acceptors (Lipinski definition) is 4. The van der Waals surface area contributed by atoms with Crippen molar-refractivity contribution < 1.29 is 22.2 Å². The fraction of sp³-hybridized carbons (Fsp3) is 0. The zero-order valence-corrected chi connectivity index (χ0v) is 15.5. The van der Waals surface area contributed by atoms with Crippen LogP contribution in [0.15, 0.2) is 77.7 Å². The number of anilines is 1. The van der Waals surface area contributed by atoms with Gasteiger partial charge >= 0.3 is 0 Å². The van der Waals surface area contributed by atoms with E-state index >= 15 is 0 Å². The first kappa shape index (κ1) is 18.9. The lowest BCUT2D eigenvalue weighted by Crippen LogP contribution is -2.15. The third kappa shape index (κ3) is 4.65. The minimum Gasteiger partial charge on any atom is -0.455 e. The Labute approximate surface area is 166 Å². The first-order valence-corrected chi connectivity index (χ1v) is 9.72. The molecule has 0 atom stereocenters. The Hall–Kier alpha value is -2.87. The molecule has 3 aromatic rings. The molecule has 0 saturated carbocycles. The van der Waals surface area contributed by atoms with E-state index < -0.39 is 15.9 Å². The van der Waals surface area contributed by atoms with Crippen LogP contribution in [0, 0.1) is 0 Å². The van der Waals surface area contributed by atoms with Crippen molar-refractivity contribution in [2.45, 2.75) is 4.90 Å². The van der Waals surface area contributed by atoms with E-state index in [0.29, 0.717) is 22.2 Å². The monoisotopic (exact) mass is 408 g/mol. The number of nitrogens with two attached hydrogens (primary N) is 1. The number of primary sulfonamides is 1. The summed E-state index contributed by atoms with van der Waals surface area (Å²) in [6, 6.07) is 19.2. The van der Waals surface area contributed by atoms with Crippen LogP contribution in [0.3, 0.4) is 0 Å². The summed E-state index contributed by atoms with van der Waals surface area (Å²) in [6.45, 7) is 0. The summed E-state index contributed by atoms with van der Waals surface area (Å²) in [5.74, 6) is 0.255. The van der Waals surface area contributed by atoms with Crippen LogP contribution in [0.4, 0.5) is 5.69 Å². The Bertz CT molecular complexity index is 1110. The number of hydrogen-bond donors (Lipinski definition) is 2.